The molecule has 96 valence electrons. The molecule has 0 bridgehead atoms. The van der Waals surface area contributed by atoms with Gasteiger partial charge in [-0.3, -0.25) is 0 Å². The average Bonchev–Trinajstić information content (AvgIpc) is 2.13. The maximum absolute atomic E-state index is 13.3. The van der Waals surface area contributed by atoms with E-state index in [1.54, 1.807) is 0 Å². The van der Waals surface area contributed by atoms with Crippen molar-refractivity contribution in [2.75, 3.05) is 0 Å². The Morgan fingerprint density at radius 2 is 1.47 bits per heavy atom. The molecule has 8 heteroatoms. The maximum Gasteiger partial charge on any atom is 0.419 e. The molecular formula is C9H4BrF7. The molecule has 17 heavy (non-hydrogen) atoms. The Balaban J connectivity index is 3.59. The first-order valence-electron chi connectivity index (χ1n) is 4.10. The number of hydrogen-bond donors (Lipinski definition) is 0. The van der Waals surface area contributed by atoms with E-state index < -0.39 is 34.9 Å². The van der Waals surface area contributed by atoms with Crippen LogP contribution < -0.4 is 0 Å². The second-order valence-corrected chi connectivity index (χ2v) is 3.65. The largest absolute Gasteiger partial charge is 0.419 e. The van der Waals surface area contributed by atoms with Crippen molar-refractivity contribution < 1.29 is 30.7 Å². The highest BCUT2D eigenvalue weighted by molar-refractivity contribution is 9.08. The van der Waals surface area contributed by atoms with Crippen LogP contribution in [0.15, 0.2) is 12.1 Å². The molecule has 0 saturated heterocycles. The minimum Gasteiger partial charge on any atom is -0.206 e. The van der Waals surface area contributed by atoms with Crippen LogP contribution in [0.1, 0.15) is 16.7 Å². The number of alkyl halides is 7. The van der Waals surface area contributed by atoms with E-state index in [1.165, 1.54) is 0 Å². The zero-order valence-electron chi connectivity index (χ0n) is 7.89. The minimum atomic E-state index is -5.40. The van der Waals surface area contributed by atoms with Gasteiger partial charge in [0.15, 0.2) is 0 Å². The van der Waals surface area contributed by atoms with Crippen molar-refractivity contribution in [1.82, 2.24) is 0 Å². The van der Waals surface area contributed by atoms with Gasteiger partial charge in [-0.05, 0) is 11.6 Å². The van der Waals surface area contributed by atoms with Gasteiger partial charge >= 0.3 is 12.4 Å². The van der Waals surface area contributed by atoms with Crippen LogP contribution >= 0.6 is 15.9 Å². The maximum atomic E-state index is 13.3. The summed E-state index contributed by atoms with van der Waals surface area (Å²) >= 11 is 2.70. The van der Waals surface area contributed by atoms with Gasteiger partial charge in [0, 0.05) is 5.33 Å². The number of hydrogen-bond acceptors (Lipinski definition) is 0. The summed E-state index contributed by atoms with van der Waals surface area (Å²) in [7, 11) is 0. The van der Waals surface area contributed by atoms with Gasteiger partial charge in [-0.2, -0.15) is 26.3 Å². The lowest BCUT2D eigenvalue weighted by atomic mass is 10.0. The Morgan fingerprint density at radius 1 is 0.941 bits per heavy atom. The molecule has 0 heterocycles. The molecule has 0 aliphatic rings. The third-order valence-corrected chi connectivity index (χ3v) is 2.56. The van der Waals surface area contributed by atoms with Crippen LogP contribution in [0, 0.1) is 5.82 Å². The van der Waals surface area contributed by atoms with Gasteiger partial charge in [0.1, 0.15) is 11.4 Å². The van der Waals surface area contributed by atoms with Crippen molar-refractivity contribution >= 4 is 15.9 Å². The van der Waals surface area contributed by atoms with Crippen LogP contribution in [0.2, 0.25) is 0 Å². The second kappa shape index (κ2) is 4.47. The van der Waals surface area contributed by atoms with E-state index >= 15 is 0 Å². The normalized spacial score (nSPS) is 12.9. The average molecular weight is 325 g/mol. The Labute approximate surface area is 99.6 Å². The SMILES string of the molecule is Fc1c(CBr)ccc(C(F)(F)F)c1C(F)(F)F. The van der Waals surface area contributed by atoms with Gasteiger partial charge < -0.3 is 0 Å². The van der Waals surface area contributed by atoms with E-state index in [0.717, 1.165) is 0 Å². The zero-order valence-corrected chi connectivity index (χ0v) is 9.47. The zero-order chi connectivity index (χ0) is 13.4. The van der Waals surface area contributed by atoms with Gasteiger partial charge in [0.2, 0.25) is 0 Å². The Bertz CT molecular complexity index is 419. The van der Waals surface area contributed by atoms with Gasteiger partial charge in [-0.15, -0.1) is 0 Å². The molecule has 0 radical (unpaired) electrons. The molecule has 0 fully saturated rings. The molecule has 1 aromatic rings. The van der Waals surface area contributed by atoms with Crippen LogP contribution in [-0.4, -0.2) is 0 Å². The van der Waals surface area contributed by atoms with Gasteiger partial charge in [-0.1, -0.05) is 22.0 Å². The third kappa shape index (κ3) is 2.91. The van der Waals surface area contributed by atoms with Crippen LogP contribution in [0.25, 0.3) is 0 Å². The Hall–Kier alpha value is -0.790. The summed E-state index contributed by atoms with van der Waals surface area (Å²) in [5.74, 6) is -1.90. The smallest absolute Gasteiger partial charge is 0.206 e. The van der Waals surface area contributed by atoms with Crippen molar-refractivity contribution in [3.63, 3.8) is 0 Å². The molecule has 1 rings (SSSR count). The van der Waals surface area contributed by atoms with Crippen molar-refractivity contribution in [2.24, 2.45) is 0 Å². The van der Waals surface area contributed by atoms with Gasteiger partial charge in [0.25, 0.3) is 0 Å². The van der Waals surface area contributed by atoms with E-state index in [9.17, 15) is 30.7 Å². The van der Waals surface area contributed by atoms with Crippen molar-refractivity contribution in [3.05, 3.63) is 34.6 Å². The first-order valence-corrected chi connectivity index (χ1v) is 5.23. The topological polar surface area (TPSA) is 0 Å². The Kier molecular flexibility index (Phi) is 3.75. The molecule has 0 aliphatic heterocycles. The van der Waals surface area contributed by atoms with Crippen molar-refractivity contribution in [2.45, 2.75) is 17.7 Å². The molecule has 0 nitrogen and oxygen atoms in total. The fourth-order valence-corrected chi connectivity index (χ4v) is 1.67. The van der Waals surface area contributed by atoms with E-state index in [-0.39, 0.29) is 11.4 Å². The lowest BCUT2D eigenvalue weighted by molar-refractivity contribution is -0.163. The first kappa shape index (κ1) is 14.3. The lowest BCUT2D eigenvalue weighted by Crippen LogP contribution is -2.19. The molecule has 0 amide bonds. The highest BCUT2D eigenvalue weighted by Gasteiger charge is 2.45. The Morgan fingerprint density at radius 3 is 1.82 bits per heavy atom. The summed E-state index contributed by atoms with van der Waals surface area (Å²) in [4.78, 5) is 0. The summed E-state index contributed by atoms with van der Waals surface area (Å²) in [6, 6.07) is 0.893. The first-order chi connectivity index (χ1) is 7.59. The fraction of sp³-hybridized carbons (Fsp3) is 0.333. The molecule has 0 spiro atoms. The van der Waals surface area contributed by atoms with E-state index in [4.69, 9.17) is 0 Å². The van der Waals surface area contributed by atoms with E-state index in [2.05, 4.69) is 15.9 Å². The van der Waals surface area contributed by atoms with Crippen LogP contribution in [0.3, 0.4) is 0 Å². The number of rotatable bonds is 1. The quantitative estimate of drug-likeness (QED) is 0.516. The minimum absolute atomic E-state index is 0.225. The highest BCUT2D eigenvalue weighted by Crippen LogP contribution is 2.42. The molecule has 0 N–H and O–H groups in total. The van der Waals surface area contributed by atoms with Gasteiger partial charge in [-0.25, -0.2) is 4.39 Å². The van der Waals surface area contributed by atoms with E-state index in [0.29, 0.717) is 6.07 Å². The lowest BCUT2D eigenvalue weighted by Gasteiger charge is -2.17. The van der Waals surface area contributed by atoms with Crippen LogP contribution in [0.5, 0.6) is 0 Å². The summed E-state index contributed by atoms with van der Waals surface area (Å²) in [5, 5.41) is -0.306. The molecular weight excluding hydrogens is 321 g/mol. The summed E-state index contributed by atoms with van der Waals surface area (Å²) in [6.07, 6.45) is -10.6. The molecule has 0 saturated carbocycles. The van der Waals surface area contributed by atoms with Crippen molar-refractivity contribution in [3.8, 4) is 0 Å². The molecule has 0 aromatic heterocycles. The molecule has 0 aliphatic carbocycles. The predicted molar refractivity (Wildman–Crippen MR) is 49.0 cm³/mol. The second-order valence-electron chi connectivity index (χ2n) is 3.09. The van der Waals surface area contributed by atoms with Crippen LogP contribution in [0.4, 0.5) is 30.7 Å². The number of halogens is 8. The molecule has 1 aromatic carbocycles. The third-order valence-electron chi connectivity index (χ3n) is 1.95. The van der Waals surface area contributed by atoms with Crippen molar-refractivity contribution in [1.29, 1.82) is 0 Å². The highest BCUT2D eigenvalue weighted by atomic mass is 79.9. The summed E-state index contributed by atoms with van der Waals surface area (Å²) < 4.78 is 87.5. The van der Waals surface area contributed by atoms with E-state index in [1.807, 2.05) is 0 Å². The molecule has 0 atom stereocenters. The monoisotopic (exact) mass is 324 g/mol. The number of benzene rings is 1. The predicted octanol–water partition coefficient (Wildman–Crippen LogP) is 4.76. The fourth-order valence-electron chi connectivity index (χ4n) is 1.24. The molecule has 0 unspecified atom stereocenters. The van der Waals surface area contributed by atoms with Gasteiger partial charge in [0.05, 0.1) is 5.56 Å². The standard InChI is InChI=1S/C9H4BrF7/c10-3-4-1-2-5(8(12,13)14)6(7(4)11)9(15,16)17/h1-2H,3H2. The summed E-state index contributed by atoms with van der Waals surface area (Å²) in [6.45, 7) is 0. The van der Waals surface area contributed by atoms with Crippen LogP contribution in [-0.2, 0) is 17.7 Å². The summed E-state index contributed by atoms with van der Waals surface area (Å²) in [5.41, 5.74) is -4.78.